The molecule has 1 N–H and O–H groups in total. The van der Waals surface area contributed by atoms with E-state index < -0.39 is 26.6 Å². The predicted octanol–water partition coefficient (Wildman–Crippen LogP) is 3.70. The lowest BCUT2D eigenvalue weighted by Gasteiger charge is -2.11. The van der Waals surface area contributed by atoms with Gasteiger partial charge >= 0.3 is 6.18 Å². The zero-order chi connectivity index (χ0) is 20.0. The summed E-state index contributed by atoms with van der Waals surface area (Å²) in [7, 11) is -3.75. The van der Waals surface area contributed by atoms with E-state index in [1.165, 1.54) is 6.07 Å². The van der Waals surface area contributed by atoms with Crippen LogP contribution in [0.3, 0.4) is 0 Å². The fraction of sp³-hybridized carbons (Fsp3) is 0.133. The molecule has 0 unspecified atom stereocenters. The van der Waals surface area contributed by atoms with E-state index in [4.69, 9.17) is 21.6 Å². The van der Waals surface area contributed by atoms with Gasteiger partial charge in [0.1, 0.15) is 22.4 Å². The second-order valence-electron chi connectivity index (χ2n) is 5.40. The van der Waals surface area contributed by atoms with Crippen LogP contribution in [0.2, 0.25) is 5.02 Å². The zero-order valence-electron chi connectivity index (χ0n) is 13.3. The number of benzene rings is 1. The maximum absolute atomic E-state index is 12.7. The first kappa shape index (κ1) is 18.9. The minimum absolute atomic E-state index is 0.0351. The Bertz CT molecular complexity index is 1200. The van der Waals surface area contributed by atoms with Gasteiger partial charge < -0.3 is 9.72 Å². The van der Waals surface area contributed by atoms with Crippen molar-refractivity contribution in [2.75, 3.05) is 6.26 Å². The Labute approximate surface area is 155 Å². The number of hydrogen-bond donors (Lipinski definition) is 1. The normalized spacial score (nSPS) is 12.1. The predicted molar refractivity (Wildman–Crippen MR) is 88.2 cm³/mol. The number of aromatic nitrogens is 3. The molecule has 0 bridgehead atoms. The van der Waals surface area contributed by atoms with Crippen LogP contribution in [0.1, 0.15) is 11.4 Å². The number of halogens is 4. The molecule has 3 rings (SSSR count). The average Bonchev–Trinajstić information content (AvgIpc) is 2.97. The summed E-state index contributed by atoms with van der Waals surface area (Å²) in [4.78, 5) is 9.80. The highest BCUT2D eigenvalue weighted by molar-refractivity contribution is 7.91. The van der Waals surface area contributed by atoms with Crippen molar-refractivity contribution in [3.63, 3.8) is 0 Å². The summed E-state index contributed by atoms with van der Waals surface area (Å²) < 4.78 is 67.4. The van der Waals surface area contributed by atoms with Crippen LogP contribution in [0.5, 0.6) is 11.6 Å². The summed E-state index contributed by atoms with van der Waals surface area (Å²) in [6.07, 6.45) is -3.14. The second-order valence-corrected chi connectivity index (χ2v) is 7.79. The lowest BCUT2D eigenvalue weighted by atomic mass is 10.3. The van der Waals surface area contributed by atoms with Gasteiger partial charge in [0, 0.05) is 24.6 Å². The summed E-state index contributed by atoms with van der Waals surface area (Å²) in [6.45, 7) is 0. The van der Waals surface area contributed by atoms with Crippen molar-refractivity contribution in [3.05, 3.63) is 40.8 Å². The number of H-pyrrole nitrogens is 1. The van der Waals surface area contributed by atoms with Crippen LogP contribution < -0.4 is 4.74 Å². The molecule has 27 heavy (non-hydrogen) atoms. The minimum Gasteiger partial charge on any atom is -0.437 e. The summed E-state index contributed by atoms with van der Waals surface area (Å²) in [6, 6.07) is 4.84. The van der Waals surface area contributed by atoms with Crippen LogP contribution >= 0.6 is 11.6 Å². The number of nitriles is 1. The standard InChI is InChI=1S/C15H8ClF3N4O3S/c1-27(24,25)11-4-8(3-10-13(11)23-12(5-20)22-10)26-14-9(16)2-7(6-21-14)15(17,18)19/h2-4,6H,1H3,(H,22,23). The molecule has 0 atom stereocenters. The molecule has 0 radical (unpaired) electrons. The van der Waals surface area contributed by atoms with Gasteiger partial charge in [0.2, 0.25) is 11.7 Å². The van der Waals surface area contributed by atoms with Gasteiger partial charge in [-0.05, 0) is 6.07 Å². The van der Waals surface area contributed by atoms with Crippen LogP contribution in [0.25, 0.3) is 11.0 Å². The summed E-state index contributed by atoms with van der Waals surface area (Å²) in [5.74, 6) is -0.522. The first-order valence-corrected chi connectivity index (χ1v) is 9.30. The molecule has 0 saturated heterocycles. The Hall–Kier alpha value is -2.84. The topological polar surface area (TPSA) is 109 Å². The largest absolute Gasteiger partial charge is 0.437 e. The number of ether oxygens (including phenoxy) is 1. The number of hydrogen-bond acceptors (Lipinski definition) is 6. The number of pyridine rings is 1. The molecule has 0 saturated carbocycles. The number of fused-ring (bicyclic) bond motifs is 1. The highest BCUT2D eigenvalue weighted by Crippen LogP contribution is 2.36. The van der Waals surface area contributed by atoms with Crippen molar-refractivity contribution in [2.24, 2.45) is 0 Å². The SMILES string of the molecule is CS(=O)(=O)c1cc(Oc2ncc(C(F)(F)F)cc2Cl)cc2[nH]c(C#N)nc12. The number of aromatic amines is 1. The van der Waals surface area contributed by atoms with E-state index in [2.05, 4.69) is 15.0 Å². The Morgan fingerprint density at radius 2 is 2.00 bits per heavy atom. The Balaban J connectivity index is 2.09. The third-order valence-corrected chi connectivity index (χ3v) is 4.76. The second kappa shape index (κ2) is 6.40. The van der Waals surface area contributed by atoms with Gasteiger partial charge in [0.15, 0.2) is 9.84 Å². The van der Waals surface area contributed by atoms with Crippen LogP contribution in [-0.2, 0) is 16.0 Å². The van der Waals surface area contributed by atoms with E-state index in [0.717, 1.165) is 12.3 Å². The number of nitrogens with one attached hydrogen (secondary N) is 1. The van der Waals surface area contributed by atoms with Crippen LogP contribution in [0.4, 0.5) is 13.2 Å². The third kappa shape index (κ3) is 3.81. The smallest absolute Gasteiger partial charge is 0.417 e. The summed E-state index contributed by atoms with van der Waals surface area (Å²) in [5, 5.41) is 8.51. The number of sulfone groups is 1. The fourth-order valence-corrected chi connectivity index (χ4v) is 3.26. The molecular formula is C15H8ClF3N4O3S. The van der Waals surface area contributed by atoms with E-state index in [1.54, 1.807) is 6.07 Å². The molecular weight excluding hydrogens is 409 g/mol. The highest BCUT2D eigenvalue weighted by Gasteiger charge is 2.32. The van der Waals surface area contributed by atoms with Crippen molar-refractivity contribution in [1.82, 2.24) is 15.0 Å². The van der Waals surface area contributed by atoms with Crippen LogP contribution in [0, 0.1) is 11.3 Å². The minimum atomic E-state index is -4.62. The first-order chi connectivity index (χ1) is 12.5. The lowest BCUT2D eigenvalue weighted by Crippen LogP contribution is -2.06. The van der Waals surface area contributed by atoms with E-state index in [-0.39, 0.29) is 33.4 Å². The molecule has 3 aromatic rings. The van der Waals surface area contributed by atoms with E-state index >= 15 is 0 Å². The van der Waals surface area contributed by atoms with Gasteiger partial charge in [-0.1, -0.05) is 11.6 Å². The van der Waals surface area contributed by atoms with Gasteiger partial charge in [-0.2, -0.15) is 18.4 Å². The maximum atomic E-state index is 12.7. The first-order valence-electron chi connectivity index (χ1n) is 7.03. The van der Waals surface area contributed by atoms with Gasteiger partial charge in [0.25, 0.3) is 0 Å². The number of alkyl halides is 3. The molecule has 140 valence electrons. The van der Waals surface area contributed by atoms with Crippen LogP contribution in [-0.4, -0.2) is 29.6 Å². The molecule has 0 aliphatic rings. The zero-order valence-corrected chi connectivity index (χ0v) is 14.9. The number of rotatable bonds is 3. The highest BCUT2D eigenvalue weighted by atomic mass is 35.5. The molecule has 12 heteroatoms. The Morgan fingerprint density at radius 1 is 1.30 bits per heavy atom. The molecule has 0 spiro atoms. The van der Waals surface area contributed by atoms with Gasteiger partial charge in [-0.15, -0.1) is 0 Å². The Morgan fingerprint density at radius 3 is 2.56 bits per heavy atom. The number of imidazole rings is 1. The fourth-order valence-electron chi connectivity index (χ4n) is 2.22. The van der Waals surface area contributed by atoms with Crippen molar-refractivity contribution in [2.45, 2.75) is 11.1 Å². The molecule has 2 aromatic heterocycles. The summed E-state index contributed by atoms with van der Waals surface area (Å²) in [5.41, 5.74) is -0.834. The van der Waals surface area contributed by atoms with E-state index in [1.807, 2.05) is 0 Å². The summed E-state index contributed by atoms with van der Waals surface area (Å²) >= 11 is 5.79. The Kier molecular flexibility index (Phi) is 4.49. The third-order valence-electron chi connectivity index (χ3n) is 3.38. The quantitative estimate of drug-likeness (QED) is 0.697. The molecule has 0 amide bonds. The van der Waals surface area contributed by atoms with Crippen molar-refractivity contribution in [1.29, 1.82) is 5.26 Å². The maximum Gasteiger partial charge on any atom is 0.417 e. The molecule has 2 heterocycles. The van der Waals surface area contributed by atoms with Gasteiger partial charge in [-0.25, -0.2) is 18.4 Å². The monoisotopic (exact) mass is 416 g/mol. The van der Waals surface area contributed by atoms with E-state index in [0.29, 0.717) is 12.3 Å². The van der Waals surface area contributed by atoms with Gasteiger partial charge in [-0.3, -0.25) is 0 Å². The van der Waals surface area contributed by atoms with E-state index in [9.17, 15) is 21.6 Å². The molecule has 0 aliphatic carbocycles. The molecule has 1 aromatic carbocycles. The van der Waals surface area contributed by atoms with Gasteiger partial charge in [0.05, 0.1) is 16.0 Å². The lowest BCUT2D eigenvalue weighted by molar-refractivity contribution is -0.137. The van der Waals surface area contributed by atoms with Crippen molar-refractivity contribution in [3.8, 4) is 17.7 Å². The number of nitrogens with zero attached hydrogens (tertiary/aromatic N) is 3. The van der Waals surface area contributed by atoms with Crippen LogP contribution in [0.15, 0.2) is 29.3 Å². The molecule has 7 nitrogen and oxygen atoms in total. The average molecular weight is 417 g/mol. The molecule has 0 aliphatic heterocycles. The molecule has 0 fully saturated rings. The van der Waals surface area contributed by atoms with Crippen molar-refractivity contribution < 1.29 is 26.3 Å². The van der Waals surface area contributed by atoms with Crippen molar-refractivity contribution >= 4 is 32.5 Å².